The molecule has 9 heteroatoms. The Morgan fingerprint density at radius 1 is 1.00 bits per heavy atom. The van der Waals surface area contributed by atoms with E-state index in [1.807, 2.05) is 0 Å². The lowest BCUT2D eigenvalue weighted by molar-refractivity contribution is -0.945. The molecule has 0 bridgehead atoms. The summed E-state index contributed by atoms with van der Waals surface area (Å²) in [4.78, 5) is 39.0. The van der Waals surface area contributed by atoms with Gasteiger partial charge in [-0.05, 0) is 25.0 Å². The Balaban J connectivity index is 3.65. The van der Waals surface area contributed by atoms with E-state index in [0.29, 0.717) is 12.8 Å². The highest BCUT2D eigenvalue weighted by atomic mass is 31.2. The molecule has 1 fully saturated rings. The molecule has 0 unspecified atom stereocenters. The van der Waals surface area contributed by atoms with E-state index >= 15 is 0 Å². The molecule has 0 saturated carbocycles. The Morgan fingerprint density at radius 2 is 1.45 bits per heavy atom. The molecule has 1 saturated heterocycles. The first-order valence-electron chi connectivity index (χ1n) is 6.27. The fourth-order valence-corrected chi connectivity index (χ4v) is 7.14. The second-order valence-electron chi connectivity index (χ2n) is 5.13. The molecule has 0 amide bonds. The van der Waals surface area contributed by atoms with Gasteiger partial charge in [0.15, 0.2) is 0 Å². The Labute approximate surface area is 118 Å². The maximum atomic E-state index is 12.0. The van der Waals surface area contributed by atoms with Crippen LogP contribution in [0.1, 0.15) is 19.3 Å². The zero-order valence-corrected chi connectivity index (χ0v) is 13.0. The van der Waals surface area contributed by atoms with Crippen molar-refractivity contribution in [3.8, 4) is 0 Å². The molecule has 0 atom stereocenters. The molecule has 0 aromatic heterocycles. The maximum Gasteiger partial charge on any atom is 0.398 e. The highest BCUT2D eigenvalue weighted by molar-refractivity contribution is 7.72. The minimum atomic E-state index is -5.06. The third kappa shape index (κ3) is 2.60. The van der Waals surface area contributed by atoms with Crippen molar-refractivity contribution in [1.29, 1.82) is 0 Å². The average molecular weight is 326 g/mol. The van der Waals surface area contributed by atoms with E-state index in [-0.39, 0.29) is 26.1 Å². The summed E-state index contributed by atoms with van der Waals surface area (Å²) in [7, 11) is -10.1. The molecule has 0 aliphatic carbocycles. The van der Waals surface area contributed by atoms with Crippen molar-refractivity contribution in [3.63, 3.8) is 0 Å². The number of hydrogen-bond acceptors (Lipinski definition) is 2. The fraction of sp³-hybridized carbons (Fsp3) is 0.636. The average Bonchev–Trinajstić information content (AvgIpc) is 2.26. The van der Waals surface area contributed by atoms with Crippen LogP contribution in [0.25, 0.3) is 0 Å². The van der Waals surface area contributed by atoms with Gasteiger partial charge >= 0.3 is 20.2 Å². The molecule has 0 aromatic carbocycles. The van der Waals surface area contributed by atoms with Crippen molar-refractivity contribution in [1.82, 2.24) is 0 Å². The molecular weight excluding hydrogens is 304 g/mol. The minimum Gasteiger partial charge on any atom is -0.320 e. The number of likely N-dealkylation sites (tertiary alicyclic amines) is 1. The predicted octanol–water partition coefficient (Wildman–Crippen LogP) is 1.37. The topological polar surface area (TPSA) is 115 Å². The first-order chi connectivity index (χ1) is 9.08. The van der Waals surface area contributed by atoms with Gasteiger partial charge in [-0.1, -0.05) is 13.2 Å². The third-order valence-corrected chi connectivity index (χ3v) is 8.72. The summed E-state index contributed by atoms with van der Waals surface area (Å²) in [5.41, 5.74) is 0. The van der Waals surface area contributed by atoms with Gasteiger partial charge in [-0.2, -0.15) is 0 Å². The van der Waals surface area contributed by atoms with Gasteiger partial charge in [0.25, 0.3) is 0 Å². The summed E-state index contributed by atoms with van der Waals surface area (Å²) in [5, 5.41) is -2.40. The SMILES string of the molecule is C=CC[N+]1(CC=C)CCCCC1(P(=O)(O)O)P(=O)(O)O. The summed E-state index contributed by atoms with van der Waals surface area (Å²) in [6, 6.07) is 0. The summed E-state index contributed by atoms with van der Waals surface area (Å²) >= 11 is 0. The number of hydrogen-bond donors (Lipinski definition) is 4. The maximum absolute atomic E-state index is 12.0. The van der Waals surface area contributed by atoms with E-state index in [0.717, 1.165) is 0 Å². The van der Waals surface area contributed by atoms with Crippen molar-refractivity contribution in [2.75, 3.05) is 19.6 Å². The number of piperidine rings is 1. The van der Waals surface area contributed by atoms with Crippen LogP contribution < -0.4 is 0 Å². The Morgan fingerprint density at radius 3 is 1.80 bits per heavy atom. The highest BCUT2D eigenvalue weighted by Gasteiger charge is 2.73. The molecule has 7 nitrogen and oxygen atoms in total. The monoisotopic (exact) mass is 326 g/mol. The molecule has 0 spiro atoms. The van der Waals surface area contributed by atoms with E-state index in [4.69, 9.17) is 0 Å². The second kappa shape index (κ2) is 5.85. The molecule has 1 aliphatic rings. The first kappa shape index (κ1) is 17.8. The van der Waals surface area contributed by atoms with E-state index in [1.165, 1.54) is 12.2 Å². The molecule has 116 valence electrons. The Bertz CT molecular complexity index is 447. The quantitative estimate of drug-likeness (QED) is 0.333. The Hall–Kier alpha value is -0.260. The van der Waals surface area contributed by atoms with Gasteiger partial charge in [-0.3, -0.25) is 13.6 Å². The first-order valence-corrected chi connectivity index (χ1v) is 9.50. The van der Waals surface area contributed by atoms with Crippen LogP contribution in [-0.2, 0) is 9.13 Å². The lowest BCUT2D eigenvalue weighted by Crippen LogP contribution is -2.66. The molecule has 1 heterocycles. The minimum absolute atomic E-state index is 0.0717. The predicted molar refractivity (Wildman–Crippen MR) is 75.9 cm³/mol. The van der Waals surface area contributed by atoms with Gasteiger partial charge in [0.2, 0.25) is 0 Å². The van der Waals surface area contributed by atoms with Crippen LogP contribution in [0.3, 0.4) is 0 Å². The Kier molecular flexibility index (Phi) is 5.21. The summed E-state index contributed by atoms with van der Waals surface area (Å²) < 4.78 is 23.7. The van der Waals surface area contributed by atoms with Crippen LogP contribution in [0.4, 0.5) is 0 Å². The van der Waals surface area contributed by atoms with Crippen LogP contribution in [-0.4, -0.2) is 48.7 Å². The zero-order valence-electron chi connectivity index (χ0n) is 11.3. The highest BCUT2D eigenvalue weighted by Crippen LogP contribution is 2.75. The van der Waals surface area contributed by atoms with Crippen LogP contribution in [0.2, 0.25) is 0 Å². The van der Waals surface area contributed by atoms with Gasteiger partial charge < -0.3 is 19.6 Å². The van der Waals surface area contributed by atoms with E-state index in [1.54, 1.807) is 0 Å². The van der Waals surface area contributed by atoms with Gasteiger partial charge in [-0.15, -0.1) is 0 Å². The molecule has 4 N–H and O–H groups in total. The van der Waals surface area contributed by atoms with Gasteiger partial charge in [0, 0.05) is 6.42 Å². The van der Waals surface area contributed by atoms with Gasteiger partial charge in [-0.25, -0.2) is 0 Å². The van der Waals surface area contributed by atoms with E-state index < -0.39 is 24.7 Å². The molecule has 1 rings (SSSR count). The van der Waals surface area contributed by atoms with Crippen molar-refractivity contribution in [3.05, 3.63) is 25.3 Å². The summed E-state index contributed by atoms with van der Waals surface area (Å²) in [6.45, 7) is 7.53. The smallest absolute Gasteiger partial charge is 0.320 e. The fourth-order valence-electron chi connectivity index (χ4n) is 3.25. The van der Waals surface area contributed by atoms with Crippen molar-refractivity contribution < 1.29 is 33.2 Å². The second-order valence-corrected chi connectivity index (χ2v) is 9.14. The van der Waals surface area contributed by atoms with Crippen LogP contribution in [0.5, 0.6) is 0 Å². The van der Waals surface area contributed by atoms with Crippen molar-refractivity contribution in [2.45, 2.75) is 24.3 Å². The molecular formula is C11H22NO6P2+. The molecule has 0 aromatic rings. The molecule has 20 heavy (non-hydrogen) atoms. The summed E-state index contributed by atoms with van der Waals surface area (Å²) in [6.07, 6.45) is 3.67. The lowest BCUT2D eigenvalue weighted by atomic mass is 10.1. The number of quaternary nitrogens is 1. The van der Waals surface area contributed by atoms with Gasteiger partial charge in [0.1, 0.15) is 0 Å². The normalized spacial score (nSPS) is 22.2. The van der Waals surface area contributed by atoms with E-state index in [2.05, 4.69) is 13.2 Å². The molecule has 1 aliphatic heterocycles. The van der Waals surface area contributed by atoms with Crippen molar-refractivity contribution >= 4 is 15.2 Å². The third-order valence-electron chi connectivity index (χ3n) is 4.00. The molecule has 0 radical (unpaired) electrons. The van der Waals surface area contributed by atoms with Crippen LogP contribution in [0.15, 0.2) is 25.3 Å². The van der Waals surface area contributed by atoms with Gasteiger partial charge in [0.05, 0.1) is 19.6 Å². The number of rotatable bonds is 6. The largest absolute Gasteiger partial charge is 0.398 e. The van der Waals surface area contributed by atoms with Crippen LogP contribution in [0, 0.1) is 0 Å². The van der Waals surface area contributed by atoms with Crippen molar-refractivity contribution in [2.24, 2.45) is 0 Å². The zero-order chi connectivity index (χ0) is 15.7. The van der Waals surface area contributed by atoms with Crippen LogP contribution >= 0.6 is 15.2 Å². The van der Waals surface area contributed by atoms with E-state index in [9.17, 15) is 28.7 Å². The summed E-state index contributed by atoms with van der Waals surface area (Å²) in [5.74, 6) is 0. The standard InChI is InChI=1S/C11H21NO6P2/c1-3-8-12(9-4-2)10-6-5-7-11(12,19(13,14)15)20(16,17)18/h3-4H,1-2,5-10H2,(H3-,13,14,15,16,17,18)/p+1. The lowest BCUT2D eigenvalue weighted by Gasteiger charge is -2.54. The number of nitrogens with zero attached hydrogens (tertiary/aromatic N) is 1.